The molecule has 1 fully saturated rings. The van der Waals surface area contributed by atoms with Crippen molar-refractivity contribution in [3.05, 3.63) is 35.4 Å². The molecular weight excluding hydrogens is 362 g/mol. The molecule has 7 nitrogen and oxygen atoms in total. The summed E-state index contributed by atoms with van der Waals surface area (Å²) < 4.78 is 5.15. The highest BCUT2D eigenvalue weighted by Gasteiger charge is 2.37. The van der Waals surface area contributed by atoms with Crippen molar-refractivity contribution >= 4 is 39.9 Å². The number of piperidine rings is 1. The number of fused-ring (bicyclic) bond motifs is 1. The van der Waals surface area contributed by atoms with Crippen molar-refractivity contribution in [1.82, 2.24) is 9.91 Å². The maximum atomic E-state index is 12.5. The van der Waals surface area contributed by atoms with Crippen molar-refractivity contribution in [1.29, 1.82) is 5.41 Å². The number of amides is 1. The van der Waals surface area contributed by atoms with Gasteiger partial charge in [-0.1, -0.05) is 19.1 Å². The lowest BCUT2D eigenvalue weighted by Crippen LogP contribution is -2.36. The van der Waals surface area contributed by atoms with E-state index in [9.17, 15) is 4.79 Å². The molecule has 0 unspecified atom stereocenters. The first-order valence-electron chi connectivity index (χ1n) is 8.94. The van der Waals surface area contributed by atoms with Gasteiger partial charge in [0.1, 0.15) is 5.75 Å². The zero-order chi connectivity index (χ0) is 19.0. The van der Waals surface area contributed by atoms with Crippen LogP contribution in [0.2, 0.25) is 0 Å². The maximum absolute atomic E-state index is 12.5. The van der Waals surface area contributed by atoms with Gasteiger partial charge in [-0.3, -0.25) is 10.2 Å². The van der Waals surface area contributed by atoms with Crippen molar-refractivity contribution in [3.8, 4) is 5.75 Å². The van der Waals surface area contributed by atoms with Gasteiger partial charge in [0.25, 0.3) is 5.91 Å². The highest BCUT2D eigenvalue weighted by Crippen LogP contribution is 2.31. The predicted octanol–water partition coefficient (Wildman–Crippen LogP) is 3.00. The van der Waals surface area contributed by atoms with Crippen molar-refractivity contribution in [2.45, 2.75) is 19.8 Å². The minimum Gasteiger partial charge on any atom is -0.497 e. The van der Waals surface area contributed by atoms with Crippen LogP contribution < -0.4 is 4.74 Å². The summed E-state index contributed by atoms with van der Waals surface area (Å²) in [6.07, 6.45) is 3.93. The first kappa shape index (κ1) is 17.8. The van der Waals surface area contributed by atoms with Gasteiger partial charge in [-0.05, 0) is 54.3 Å². The second-order valence-corrected chi connectivity index (χ2v) is 7.78. The average molecular weight is 383 g/mol. The molecule has 0 bridgehead atoms. The highest BCUT2D eigenvalue weighted by molar-refractivity contribution is 8.26. The number of hydrogen-bond donors (Lipinski definition) is 1. The van der Waals surface area contributed by atoms with E-state index >= 15 is 0 Å². The Bertz CT molecular complexity index is 867. The van der Waals surface area contributed by atoms with Crippen molar-refractivity contribution < 1.29 is 9.53 Å². The number of nitrogens with zero attached hydrogens (tertiary/aromatic N) is 4. The van der Waals surface area contributed by atoms with Crippen LogP contribution in [0.15, 0.2) is 39.9 Å². The second kappa shape index (κ2) is 7.19. The number of ether oxygens (including phenoxy) is 1. The molecule has 4 rings (SSSR count). The van der Waals surface area contributed by atoms with Gasteiger partial charge >= 0.3 is 0 Å². The lowest BCUT2D eigenvalue weighted by Gasteiger charge is -2.30. The SMILES string of the molecule is COc1ccc(/C=C2\C(=N)N3N=C(N4CCC(C)CC4)SC3=NC2=O)cc1. The Hall–Kier alpha value is -2.61. The number of hydrogen-bond acceptors (Lipinski definition) is 6. The zero-order valence-electron chi connectivity index (χ0n) is 15.3. The fourth-order valence-corrected chi connectivity index (χ4v) is 4.12. The molecule has 8 heteroatoms. The number of nitrogens with one attached hydrogen (secondary N) is 1. The molecule has 0 radical (unpaired) electrons. The van der Waals surface area contributed by atoms with Crippen LogP contribution in [0.3, 0.4) is 0 Å². The zero-order valence-corrected chi connectivity index (χ0v) is 16.1. The van der Waals surface area contributed by atoms with Gasteiger partial charge < -0.3 is 9.64 Å². The summed E-state index contributed by atoms with van der Waals surface area (Å²) in [6.45, 7) is 4.16. The van der Waals surface area contributed by atoms with E-state index in [-0.39, 0.29) is 11.4 Å². The molecule has 3 aliphatic heterocycles. The van der Waals surface area contributed by atoms with Crippen LogP contribution in [0.25, 0.3) is 6.08 Å². The molecule has 3 aliphatic rings. The summed E-state index contributed by atoms with van der Waals surface area (Å²) in [5, 5.41) is 15.8. The topological polar surface area (TPSA) is 81.3 Å². The number of likely N-dealkylation sites (tertiary alicyclic amines) is 1. The van der Waals surface area contributed by atoms with Crippen LogP contribution in [0.4, 0.5) is 0 Å². The molecule has 3 heterocycles. The highest BCUT2D eigenvalue weighted by atomic mass is 32.2. The van der Waals surface area contributed by atoms with Crippen LogP contribution in [-0.2, 0) is 4.79 Å². The van der Waals surface area contributed by atoms with Crippen molar-refractivity contribution in [2.24, 2.45) is 16.0 Å². The number of thioether (sulfide) groups is 1. The lowest BCUT2D eigenvalue weighted by molar-refractivity contribution is -0.114. The first-order chi connectivity index (χ1) is 13.0. The second-order valence-electron chi connectivity index (χ2n) is 6.85. The molecule has 0 spiro atoms. The lowest BCUT2D eigenvalue weighted by atomic mass is 10.00. The normalized spacial score (nSPS) is 22.1. The fraction of sp³-hybridized carbons (Fsp3) is 0.368. The fourth-order valence-electron chi connectivity index (χ4n) is 3.18. The quantitative estimate of drug-likeness (QED) is 0.794. The number of aliphatic imine (C=N–C) groups is 1. The molecule has 0 aromatic heterocycles. The van der Waals surface area contributed by atoms with E-state index in [0.29, 0.717) is 5.17 Å². The average Bonchev–Trinajstić information content (AvgIpc) is 3.10. The van der Waals surface area contributed by atoms with Gasteiger partial charge in [0.2, 0.25) is 5.17 Å². The molecule has 1 aromatic rings. The molecule has 27 heavy (non-hydrogen) atoms. The van der Waals surface area contributed by atoms with E-state index in [0.717, 1.165) is 48.3 Å². The third-order valence-electron chi connectivity index (χ3n) is 4.92. The van der Waals surface area contributed by atoms with E-state index in [4.69, 9.17) is 10.1 Å². The van der Waals surface area contributed by atoms with E-state index in [1.165, 1.54) is 16.8 Å². The van der Waals surface area contributed by atoms with Crippen LogP contribution in [0.1, 0.15) is 25.3 Å². The summed E-state index contributed by atoms with van der Waals surface area (Å²) in [6, 6.07) is 7.32. The van der Waals surface area contributed by atoms with Gasteiger partial charge in [-0.2, -0.15) is 10.0 Å². The smallest absolute Gasteiger partial charge is 0.283 e. The Balaban J connectivity index is 1.57. The molecule has 0 aliphatic carbocycles. The maximum Gasteiger partial charge on any atom is 0.283 e. The van der Waals surface area contributed by atoms with Crippen molar-refractivity contribution in [3.63, 3.8) is 0 Å². The summed E-state index contributed by atoms with van der Waals surface area (Å²) in [5.74, 6) is 1.13. The van der Waals surface area contributed by atoms with E-state index in [1.807, 2.05) is 24.3 Å². The number of hydrazone groups is 1. The van der Waals surface area contributed by atoms with Gasteiger partial charge in [0.05, 0.1) is 12.7 Å². The van der Waals surface area contributed by atoms with Gasteiger partial charge in [0, 0.05) is 13.1 Å². The Morgan fingerprint density at radius 1 is 1.22 bits per heavy atom. The molecule has 0 atom stereocenters. The third kappa shape index (κ3) is 3.49. The summed E-state index contributed by atoms with van der Waals surface area (Å²) >= 11 is 1.37. The molecule has 1 N–H and O–H groups in total. The van der Waals surface area contributed by atoms with Crippen LogP contribution >= 0.6 is 11.8 Å². The number of carbonyl (C=O) groups excluding carboxylic acids is 1. The molecule has 1 saturated heterocycles. The van der Waals surface area contributed by atoms with Crippen LogP contribution in [0, 0.1) is 11.3 Å². The summed E-state index contributed by atoms with van der Waals surface area (Å²) in [7, 11) is 1.60. The van der Waals surface area contributed by atoms with Gasteiger partial charge in [0.15, 0.2) is 11.0 Å². The summed E-state index contributed by atoms with van der Waals surface area (Å²) in [4.78, 5) is 18.9. The summed E-state index contributed by atoms with van der Waals surface area (Å²) in [5.41, 5.74) is 1.05. The van der Waals surface area contributed by atoms with Gasteiger partial charge in [-0.15, -0.1) is 5.10 Å². The number of benzene rings is 1. The Kier molecular flexibility index (Phi) is 4.73. The number of amidine groups is 3. The van der Waals surface area contributed by atoms with Crippen molar-refractivity contribution in [2.75, 3.05) is 20.2 Å². The monoisotopic (exact) mass is 383 g/mol. The van der Waals surface area contributed by atoms with Crippen LogP contribution in [0.5, 0.6) is 5.75 Å². The third-order valence-corrected chi connectivity index (χ3v) is 5.89. The Labute approximate surface area is 162 Å². The van der Waals surface area contributed by atoms with E-state index in [2.05, 4.69) is 21.9 Å². The minimum atomic E-state index is -0.404. The first-order valence-corrected chi connectivity index (χ1v) is 9.76. The standard InChI is InChI=1S/C19H21N5O2S/c1-12-7-9-23(10-8-12)19-22-24-16(20)15(17(25)21-18(24)27-19)11-13-3-5-14(26-2)6-4-13/h3-6,11-12,20H,7-10H2,1-2H3/b15-11+,20-16?. The number of rotatable bonds is 2. The number of methoxy groups -OCH3 is 1. The van der Waals surface area contributed by atoms with E-state index < -0.39 is 5.91 Å². The van der Waals surface area contributed by atoms with Gasteiger partial charge in [-0.25, -0.2) is 0 Å². The van der Waals surface area contributed by atoms with E-state index in [1.54, 1.807) is 13.2 Å². The predicted molar refractivity (Wildman–Crippen MR) is 108 cm³/mol. The molecular formula is C19H21N5O2S. The van der Waals surface area contributed by atoms with Crippen LogP contribution in [-0.4, -0.2) is 52.2 Å². The number of carbonyl (C=O) groups is 1. The Morgan fingerprint density at radius 3 is 2.59 bits per heavy atom. The molecule has 1 amide bonds. The molecule has 1 aromatic carbocycles. The minimum absolute atomic E-state index is 0.0636. The Morgan fingerprint density at radius 2 is 1.93 bits per heavy atom. The molecule has 0 saturated carbocycles. The molecule has 140 valence electrons. The largest absolute Gasteiger partial charge is 0.497 e.